The highest BCUT2D eigenvalue weighted by molar-refractivity contribution is 7.89. The van der Waals surface area contributed by atoms with Crippen molar-refractivity contribution in [1.82, 2.24) is 10.0 Å². The van der Waals surface area contributed by atoms with Crippen molar-refractivity contribution in [1.29, 1.82) is 0 Å². The van der Waals surface area contributed by atoms with E-state index >= 15 is 0 Å². The number of nitrogens with one attached hydrogen (secondary N) is 2. The molecule has 1 heterocycles. The normalized spacial score (nSPS) is 21.1. The number of ether oxygens (including phenoxy) is 1. The summed E-state index contributed by atoms with van der Waals surface area (Å²) in [5.74, 6) is 0. The van der Waals surface area contributed by atoms with E-state index in [2.05, 4.69) is 10.0 Å². The van der Waals surface area contributed by atoms with Gasteiger partial charge in [0.05, 0.1) is 11.0 Å². The molecule has 1 aliphatic heterocycles. The molecule has 0 aliphatic carbocycles. The standard InChI is InChI=1S/C15H24N2O3S/c1-12(16-2)13-6-8-15(9-7-13)21(18,19)17-11-14-5-3-4-10-20-14/h6-9,12,14,16-17H,3-5,10-11H2,1-2H3. The van der Waals surface area contributed by atoms with Gasteiger partial charge in [-0.1, -0.05) is 12.1 Å². The minimum Gasteiger partial charge on any atom is -0.377 e. The molecule has 1 saturated heterocycles. The Morgan fingerprint density at radius 1 is 1.29 bits per heavy atom. The summed E-state index contributed by atoms with van der Waals surface area (Å²) < 4.78 is 32.7. The third-order valence-corrected chi connectivity index (χ3v) is 5.34. The summed E-state index contributed by atoms with van der Waals surface area (Å²) in [4.78, 5) is 0.297. The van der Waals surface area contributed by atoms with Gasteiger partial charge in [0.2, 0.25) is 10.0 Å². The lowest BCUT2D eigenvalue weighted by molar-refractivity contribution is 0.0200. The molecule has 0 spiro atoms. The molecule has 0 radical (unpaired) electrons. The van der Waals surface area contributed by atoms with Crippen molar-refractivity contribution < 1.29 is 13.2 Å². The lowest BCUT2D eigenvalue weighted by Gasteiger charge is -2.22. The van der Waals surface area contributed by atoms with Gasteiger partial charge in [0.15, 0.2) is 0 Å². The highest BCUT2D eigenvalue weighted by atomic mass is 32.2. The molecule has 1 aromatic carbocycles. The van der Waals surface area contributed by atoms with Crippen LogP contribution in [0.2, 0.25) is 0 Å². The van der Waals surface area contributed by atoms with E-state index in [-0.39, 0.29) is 12.1 Å². The van der Waals surface area contributed by atoms with E-state index in [4.69, 9.17) is 4.74 Å². The van der Waals surface area contributed by atoms with Crippen LogP contribution in [-0.4, -0.2) is 34.7 Å². The zero-order valence-electron chi connectivity index (χ0n) is 12.6. The first-order valence-corrected chi connectivity index (χ1v) is 8.90. The topological polar surface area (TPSA) is 67.4 Å². The molecule has 2 N–H and O–H groups in total. The first-order chi connectivity index (χ1) is 10.0. The summed E-state index contributed by atoms with van der Waals surface area (Å²) >= 11 is 0. The van der Waals surface area contributed by atoms with Crippen LogP contribution in [0.3, 0.4) is 0 Å². The Balaban J connectivity index is 1.98. The first-order valence-electron chi connectivity index (χ1n) is 7.41. The van der Waals surface area contributed by atoms with Gasteiger partial charge in [-0.2, -0.15) is 0 Å². The quantitative estimate of drug-likeness (QED) is 0.841. The molecule has 2 atom stereocenters. The zero-order chi connectivity index (χ0) is 15.3. The molecule has 0 aromatic heterocycles. The molecule has 0 saturated carbocycles. The van der Waals surface area contributed by atoms with Crippen LogP contribution in [0, 0.1) is 0 Å². The Bertz CT molecular complexity index is 537. The van der Waals surface area contributed by atoms with Crippen molar-refractivity contribution in [3.05, 3.63) is 29.8 Å². The fraction of sp³-hybridized carbons (Fsp3) is 0.600. The van der Waals surface area contributed by atoms with Crippen LogP contribution in [0.15, 0.2) is 29.2 Å². The lowest BCUT2D eigenvalue weighted by atomic mass is 10.1. The van der Waals surface area contributed by atoms with Gasteiger partial charge in [0.1, 0.15) is 0 Å². The van der Waals surface area contributed by atoms with Crippen LogP contribution in [0.5, 0.6) is 0 Å². The Hall–Kier alpha value is -0.950. The van der Waals surface area contributed by atoms with Gasteiger partial charge in [-0.15, -0.1) is 0 Å². The summed E-state index contributed by atoms with van der Waals surface area (Å²) in [6, 6.07) is 7.17. The molecule has 1 aliphatic rings. The maximum Gasteiger partial charge on any atom is 0.240 e. The molecule has 21 heavy (non-hydrogen) atoms. The van der Waals surface area contributed by atoms with Crippen molar-refractivity contribution >= 4 is 10.0 Å². The summed E-state index contributed by atoms with van der Waals surface area (Å²) in [6.45, 7) is 3.10. The van der Waals surface area contributed by atoms with Gasteiger partial charge in [-0.25, -0.2) is 13.1 Å². The first kappa shape index (κ1) is 16.4. The second-order valence-electron chi connectivity index (χ2n) is 5.42. The Morgan fingerprint density at radius 3 is 2.57 bits per heavy atom. The second kappa shape index (κ2) is 7.35. The smallest absolute Gasteiger partial charge is 0.240 e. The van der Waals surface area contributed by atoms with Crippen LogP contribution in [0.25, 0.3) is 0 Å². The molecule has 5 nitrogen and oxygen atoms in total. The monoisotopic (exact) mass is 312 g/mol. The van der Waals surface area contributed by atoms with Crippen LogP contribution in [0.4, 0.5) is 0 Å². The van der Waals surface area contributed by atoms with Gasteiger partial charge in [-0.3, -0.25) is 0 Å². The van der Waals surface area contributed by atoms with Gasteiger partial charge < -0.3 is 10.1 Å². The van der Waals surface area contributed by atoms with Crippen molar-refractivity contribution in [2.24, 2.45) is 0 Å². The third kappa shape index (κ3) is 4.51. The van der Waals surface area contributed by atoms with E-state index in [1.807, 2.05) is 26.1 Å². The Morgan fingerprint density at radius 2 is 2.00 bits per heavy atom. The van der Waals surface area contributed by atoms with Crippen molar-refractivity contribution in [2.75, 3.05) is 20.2 Å². The zero-order valence-corrected chi connectivity index (χ0v) is 13.4. The van der Waals surface area contributed by atoms with Gasteiger partial charge in [0.25, 0.3) is 0 Å². The van der Waals surface area contributed by atoms with Crippen LogP contribution >= 0.6 is 0 Å². The number of rotatable bonds is 6. The van der Waals surface area contributed by atoms with E-state index in [0.717, 1.165) is 31.4 Å². The summed E-state index contributed by atoms with van der Waals surface area (Å²) in [5.41, 5.74) is 1.06. The van der Waals surface area contributed by atoms with Gasteiger partial charge >= 0.3 is 0 Å². The summed E-state index contributed by atoms with van der Waals surface area (Å²) in [5, 5.41) is 3.13. The molecule has 2 unspecified atom stereocenters. The van der Waals surface area contributed by atoms with Crippen LogP contribution < -0.4 is 10.0 Å². The molecule has 2 rings (SSSR count). The number of hydrogen-bond acceptors (Lipinski definition) is 4. The van der Waals surface area contributed by atoms with Crippen LogP contribution in [-0.2, 0) is 14.8 Å². The molecular formula is C15H24N2O3S. The molecule has 1 fully saturated rings. The molecule has 0 amide bonds. The fourth-order valence-electron chi connectivity index (χ4n) is 2.36. The van der Waals surface area contributed by atoms with Crippen molar-refractivity contribution in [3.63, 3.8) is 0 Å². The highest BCUT2D eigenvalue weighted by Crippen LogP contribution is 2.17. The van der Waals surface area contributed by atoms with E-state index < -0.39 is 10.0 Å². The van der Waals surface area contributed by atoms with Gasteiger partial charge in [-0.05, 0) is 50.9 Å². The molecule has 118 valence electrons. The van der Waals surface area contributed by atoms with E-state index in [1.165, 1.54) is 0 Å². The Labute approximate surface area is 127 Å². The molecular weight excluding hydrogens is 288 g/mol. The highest BCUT2D eigenvalue weighted by Gasteiger charge is 2.19. The average molecular weight is 312 g/mol. The average Bonchev–Trinajstić information content (AvgIpc) is 2.53. The van der Waals surface area contributed by atoms with Gasteiger partial charge in [0, 0.05) is 19.2 Å². The number of hydrogen-bond donors (Lipinski definition) is 2. The SMILES string of the molecule is CNC(C)c1ccc(S(=O)(=O)NCC2CCCCO2)cc1. The largest absolute Gasteiger partial charge is 0.377 e. The van der Waals surface area contributed by atoms with E-state index in [9.17, 15) is 8.42 Å². The van der Waals surface area contributed by atoms with E-state index in [0.29, 0.717) is 11.4 Å². The minimum atomic E-state index is -3.46. The third-order valence-electron chi connectivity index (χ3n) is 3.90. The second-order valence-corrected chi connectivity index (χ2v) is 7.19. The van der Waals surface area contributed by atoms with Crippen molar-refractivity contribution in [3.8, 4) is 0 Å². The number of benzene rings is 1. The fourth-order valence-corrected chi connectivity index (χ4v) is 3.42. The van der Waals surface area contributed by atoms with Crippen LogP contribution in [0.1, 0.15) is 37.8 Å². The molecule has 0 bridgehead atoms. The number of sulfonamides is 1. The predicted molar refractivity (Wildman–Crippen MR) is 82.7 cm³/mol. The summed E-state index contributed by atoms with van der Waals surface area (Å²) in [7, 11) is -1.58. The maximum absolute atomic E-state index is 12.2. The van der Waals surface area contributed by atoms with Crippen molar-refractivity contribution in [2.45, 2.75) is 43.2 Å². The Kier molecular flexibility index (Phi) is 5.75. The summed E-state index contributed by atoms with van der Waals surface area (Å²) in [6.07, 6.45) is 3.08. The molecule has 1 aromatic rings. The predicted octanol–water partition coefficient (Wildman–Crippen LogP) is 1.81. The maximum atomic E-state index is 12.2. The minimum absolute atomic E-state index is 0.00267. The molecule has 6 heteroatoms. The lowest BCUT2D eigenvalue weighted by Crippen LogP contribution is -2.35. The van der Waals surface area contributed by atoms with E-state index in [1.54, 1.807) is 12.1 Å².